The van der Waals surface area contributed by atoms with E-state index in [1.165, 1.54) is 41.1 Å². The van der Waals surface area contributed by atoms with Crippen molar-refractivity contribution in [3.05, 3.63) is 54.9 Å². The normalized spacial score (nSPS) is 12.3. The Kier molecular flexibility index (Phi) is 4.56. The van der Waals surface area contributed by atoms with Gasteiger partial charge in [-0.1, -0.05) is 0 Å². The summed E-state index contributed by atoms with van der Waals surface area (Å²) < 4.78 is 83.5. The van der Waals surface area contributed by atoms with Crippen molar-refractivity contribution in [3.8, 4) is 11.5 Å². The van der Waals surface area contributed by atoms with Gasteiger partial charge in [-0.05, 0) is 36.4 Å². The zero-order valence-corrected chi connectivity index (χ0v) is 14.6. The molecule has 0 saturated carbocycles. The molecule has 6 nitrogen and oxygen atoms in total. The third kappa shape index (κ3) is 4.31. The number of nitrogens with one attached hydrogen (secondary N) is 1. The van der Waals surface area contributed by atoms with Crippen LogP contribution in [0.15, 0.2) is 54.9 Å². The van der Waals surface area contributed by atoms with Crippen molar-refractivity contribution < 1.29 is 35.8 Å². The van der Waals surface area contributed by atoms with Crippen molar-refractivity contribution >= 4 is 28.2 Å². The number of alkyl halides is 6. The number of rotatable bonds is 4. The van der Waals surface area contributed by atoms with E-state index >= 15 is 0 Å². The Labute approximate surface area is 163 Å². The van der Waals surface area contributed by atoms with Gasteiger partial charge in [0.1, 0.15) is 11.5 Å². The Hall–Kier alpha value is -3.70. The van der Waals surface area contributed by atoms with E-state index in [1.807, 2.05) is 0 Å². The van der Waals surface area contributed by atoms with Crippen LogP contribution in [-0.2, 0) is 0 Å². The van der Waals surface area contributed by atoms with Crippen LogP contribution in [0, 0.1) is 0 Å². The fraction of sp³-hybridized carbons (Fsp3) is 0.111. The third-order valence-electron chi connectivity index (χ3n) is 3.88. The van der Waals surface area contributed by atoms with Crippen LogP contribution in [0.2, 0.25) is 0 Å². The van der Waals surface area contributed by atoms with Crippen LogP contribution in [0.1, 0.15) is 0 Å². The van der Waals surface area contributed by atoms with E-state index in [4.69, 9.17) is 0 Å². The lowest BCUT2D eigenvalue weighted by Crippen LogP contribution is -2.17. The molecule has 2 aromatic carbocycles. The lowest BCUT2D eigenvalue weighted by atomic mass is 10.2. The first kappa shape index (κ1) is 19.6. The zero-order chi connectivity index (χ0) is 21.5. The van der Waals surface area contributed by atoms with Crippen molar-refractivity contribution in [2.75, 3.05) is 5.32 Å². The highest BCUT2D eigenvalue weighted by Crippen LogP contribution is 2.30. The fourth-order valence-corrected chi connectivity index (χ4v) is 2.79. The minimum absolute atomic E-state index is 0.251. The molecule has 0 amide bonds. The Morgan fingerprint density at radius 2 is 1.47 bits per heavy atom. The quantitative estimate of drug-likeness (QED) is 0.440. The second kappa shape index (κ2) is 6.97. The average molecular weight is 428 g/mol. The van der Waals surface area contributed by atoms with Crippen LogP contribution in [0.5, 0.6) is 11.5 Å². The average Bonchev–Trinajstić information content (AvgIpc) is 3.12. The number of aromatic nitrogens is 3. The predicted octanol–water partition coefficient (Wildman–Crippen LogP) is 5.42. The molecule has 0 aliphatic heterocycles. The highest BCUT2D eigenvalue weighted by Gasteiger charge is 2.32. The van der Waals surface area contributed by atoms with E-state index in [0.29, 0.717) is 22.4 Å². The minimum Gasteiger partial charge on any atom is -0.406 e. The van der Waals surface area contributed by atoms with Crippen molar-refractivity contribution in [2.45, 2.75) is 12.7 Å². The fourth-order valence-electron chi connectivity index (χ4n) is 2.79. The maximum absolute atomic E-state index is 12.5. The second-order valence-electron chi connectivity index (χ2n) is 5.98. The molecular formula is C18H10F6N4O2. The van der Waals surface area contributed by atoms with Crippen LogP contribution < -0.4 is 14.8 Å². The van der Waals surface area contributed by atoms with Gasteiger partial charge >= 0.3 is 12.7 Å². The first-order valence-electron chi connectivity index (χ1n) is 8.23. The highest BCUT2D eigenvalue weighted by molar-refractivity contribution is 5.85. The van der Waals surface area contributed by atoms with Crippen molar-refractivity contribution in [3.63, 3.8) is 0 Å². The Bertz CT molecular complexity index is 1200. The summed E-state index contributed by atoms with van der Waals surface area (Å²) in [6.07, 6.45) is -6.68. The Morgan fingerprint density at radius 1 is 0.833 bits per heavy atom. The summed E-state index contributed by atoms with van der Waals surface area (Å²) in [5.74, 6) is -0.545. The van der Waals surface area contributed by atoms with E-state index < -0.39 is 18.5 Å². The number of fused-ring (bicyclic) bond motifs is 3. The topological polar surface area (TPSA) is 60.7 Å². The van der Waals surface area contributed by atoms with Crippen LogP contribution in [0.4, 0.5) is 37.8 Å². The van der Waals surface area contributed by atoms with Crippen molar-refractivity contribution in [2.24, 2.45) is 0 Å². The standard InChI is InChI=1S/C18H10F6N4O2/c19-17(20,21)29-11-3-1-10(2-4-11)26-15-16-25-7-8-28(16)14-9-12(30-18(22,23)24)5-6-13(14)27-15/h1-9H,(H,26,27). The summed E-state index contributed by atoms with van der Waals surface area (Å²) >= 11 is 0. The summed E-state index contributed by atoms with van der Waals surface area (Å²) in [5, 5.41) is 2.93. The smallest absolute Gasteiger partial charge is 0.406 e. The van der Waals surface area contributed by atoms with Gasteiger partial charge in [0.15, 0.2) is 11.5 Å². The maximum atomic E-state index is 12.5. The van der Waals surface area contributed by atoms with Crippen LogP contribution >= 0.6 is 0 Å². The molecule has 2 heterocycles. The molecule has 0 aliphatic rings. The lowest BCUT2D eigenvalue weighted by Gasteiger charge is -2.13. The van der Waals surface area contributed by atoms with Crippen molar-refractivity contribution in [1.29, 1.82) is 0 Å². The summed E-state index contributed by atoms with van der Waals surface area (Å²) in [7, 11) is 0. The number of hydrogen-bond donors (Lipinski definition) is 1. The third-order valence-corrected chi connectivity index (χ3v) is 3.88. The molecule has 0 radical (unpaired) electrons. The number of ether oxygens (including phenoxy) is 2. The molecule has 12 heteroatoms. The van der Waals surface area contributed by atoms with Crippen LogP contribution in [0.3, 0.4) is 0 Å². The van der Waals surface area contributed by atoms with Gasteiger partial charge in [0.25, 0.3) is 0 Å². The number of anilines is 2. The molecule has 0 bridgehead atoms. The number of nitrogens with zero attached hydrogens (tertiary/aromatic N) is 3. The molecule has 0 fully saturated rings. The molecule has 0 atom stereocenters. The molecule has 30 heavy (non-hydrogen) atoms. The SMILES string of the molecule is FC(F)(F)Oc1ccc(Nc2nc3ccc(OC(F)(F)F)cc3n3ccnc23)cc1. The number of imidazole rings is 1. The van der Waals surface area contributed by atoms with Gasteiger partial charge in [0.05, 0.1) is 11.0 Å². The molecule has 2 aromatic heterocycles. The number of benzene rings is 2. The summed E-state index contributed by atoms with van der Waals surface area (Å²) in [5.41, 5.74) is 1.36. The summed E-state index contributed by atoms with van der Waals surface area (Å²) in [4.78, 5) is 8.48. The number of halogens is 6. The maximum Gasteiger partial charge on any atom is 0.573 e. The monoisotopic (exact) mass is 428 g/mol. The molecule has 0 unspecified atom stereocenters. The van der Waals surface area contributed by atoms with E-state index in [2.05, 4.69) is 24.8 Å². The van der Waals surface area contributed by atoms with Crippen LogP contribution in [0.25, 0.3) is 16.7 Å². The van der Waals surface area contributed by atoms with E-state index in [9.17, 15) is 26.3 Å². The largest absolute Gasteiger partial charge is 0.573 e. The lowest BCUT2D eigenvalue weighted by molar-refractivity contribution is -0.275. The molecule has 0 spiro atoms. The Balaban J connectivity index is 1.68. The van der Waals surface area contributed by atoms with Gasteiger partial charge in [-0.15, -0.1) is 26.3 Å². The van der Waals surface area contributed by atoms with Gasteiger partial charge in [0, 0.05) is 24.1 Å². The molecule has 156 valence electrons. The molecule has 1 N–H and O–H groups in total. The molecule has 0 aliphatic carbocycles. The van der Waals surface area contributed by atoms with E-state index in [1.54, 1.807) is 0 Å². The Morgan fingerprint density at radius 3 is 2.13 bits per heavy atom. The first-order chi connectivity index (χ1) is 14.1. The van der Waals surface area contributed by atoms with Gasteiger partial charge < -0.3 is 14.8 Å². The number of hydrogen-bond acceptors (Lipinski definition) is 5. The first-order valence-corrected chi connectivity index (χ1v) is 8.23. The van der Waals surface area contributed by atoms with Crippen molar-refractivity contribution in [1.82, 2.24) is 14.4 Å². The van der Waals surface area contributed by atoms with Gasteiger partial charge in [-0.2, -0.15) is 0 Å². The van der Waals surface area contributed by atoms with Gasteiger partial charge in [0.2, 0.25) is 0 Å². The van der Waals surface area contributed by atoms with Gasteiger partial charge in [-0.3, -0.25) is 4.40 Å². The summed E-state index contributed by atoms with van der Waals surface area (Å²) in [6.45, 7) is 0. The van der Waals surface area contributed by atoms with E-state index in [-0.39, 0.29) is 11.6 Å². The second-order valence-corrected chi connectivity index (χ2v) is 5.98. The molecular weight excluding hydrogens is 418 g/mol. The zero-order valence-electron chi connectivity index (χ0n) is 14.6. The summed E-state index contributed by atoms with van der Waals surface area (Å²) in [6, 6.07) is 8.61. The highest BCUT2D eigenvalue weighted by atomic mass is 19.4. The molecule has 0 saturated heterocycles. The van der Waals surface area contributed by atoms with E-state index in [0.717, 1.165) is 18.2 Å². The van der Waals surface area contributed by atoms with Crippen LogP contribution in [-0.4, -0.2) is 27.1 Å². The van der Waals surface area contributed by atoms with Gasteiger partial charge in [-0.25, -0.2) is 9.97 Å². The minimum atomic E-state index is -4.83. The molecule has 4 rings (SSSR count). The predicted molar refractivity (Wildman–Crippen MR) is 93.6 cm³/mol. The molecule has 4 aromatic rings.